The molecule has 51 heavy (non-hydrogen) atoms. The fourth-order valence-electron chi connectivity index (χ4n) is 5.11. The standard InChI is InChI=1S/C35H48N2O11S.ClH.Na/c38-15-23-45-19-11-36(12-20-46-24-16-39)32-9-7-29(8-10-32)35(31-4-2-6-34(28-31)49(42,43)44)30-3-1-5-33(27-30)37(13-21-47-25-17-40)14-22-48-26-18-41;;/h1-10,27-28,38-41H,11-26H2;1H;/q;;+1/p-1. The van der Waals surface area contributed by atoms with Crippen molar-refractivity contribution in [3.63, 3.8) is 0 Å². The summed E-state index contributed by atoms with van der Waals surface area (Å²) in [5.74, 6) is 0. The number of hydrogen-bond donors (Lipinski definition) is 4. The first-order valence-electron chi connectivity index (χ1n) is 16.2. The molecule has 0 atom stereocenters. The number of ether oxygens (including phenoxy) is 4. The number of rotatable bonds is 24. The van der Waals surface area contributed by atoms with Crippen LogP contribution in [0, 0.1) is 0 Å². The van der Waals surface area contributed by atoms with E-state index in [9.17, 15) is 13.0 Å². The van der Waals surface area contributed by atoms with Gasteiger partial charge in [-0.05, 0) is 58.7 Å². The Morgan fingerprint density at radius 2 is 1.14 bits per heavy atom. The van der Waals surface area contributed by atoms with Crippen molar-refractivity contribution >= 4 is 27.1 Å². The molecule has 0 fully saturated rings. The molecule has 0 heterocycles. The molecule has 4 N–H and O–H groups in total. The number of aliphatic hydroxyl groups is 4. The zero-order chi connectivity index (χ0) is 35.3. The molecule has 2 aromatic carbocycles. The van der Waals surface area contributed by atoms with Crippen LogP contribution in [0.4, 0.5) is 5.69 Å². The molecule has 1 aliphatic rings. The molecule has 278 valence electrons. The molecule has 0 aromatic heterocycles. The Balaban J connectivity index is 0.00000650. The smallest absolute Gasteiger partial charge is 1.00 e. The van der Waals surface area contributed by atoms with Gasteiger partial charge in [-0.2, -0.15) is 0 Å². The van der Waals surface area contributed by atoms with Gasteiger partial charge in [0, 0.05) is 30.9 Å². The Hall–Kier alpha value is -1.99. The first-order valence-corrected chi connectivity index (χ1v) is 17.6. The van der Waals surface area contributed by atoms with E-state index in [0.717, 1.165) is 22.5 Å². The molecule has 0 saturated heterocycles. The van der Waals surface area contributed by atoms with Crippen LogP contribution in [0.3, 0.4) is 0 Å². The third-order valence-corrected chi connectivity index (χ3v) is 8.23. The van der Waals surface area contributed by atoms with E-state index in [1.807, 2.05) is 48.6 Å². The molecule has 0 bridgehead atoms. The fourth-order valence-corrected chi connectivity index (χ4v) is 5.63. The third-order valence-electron chi connectivity index (χ3n) is 7.40. The van der Waals surface area contributed by atoms with Crippen LogP contribution >= 0.6 is 0 Å². The summed E-state index contributed by atoms with van der Waals surface area (Å²) in [6.07, 6.45) is 7.73. The van der Waals surface area contributed by atoms with Crippen molar-refractivity contribution in [2.75, 3.05) is 110 Å². The Morgan fingerprint density at radius 1 is 0.667 bits per heavy atom. The maximum atomic E-state index is 12.0. The largest absolute Gasteiger partial charge is 1.00 e. The van der Waals surface area contributed by atoms with Crippen LogP contribution in [0.5, 0.6) is 0 Å². The molecular weight excluding hydrogens is 715 g/mol. The summed E-state index contributed by atoms with van der Waals surface area (Å²) in [6, 6.07) is 13.7. The number of aliphatic hydroxyl groups excluding tert-OH is 4. The van der Waals surface area contributed by atoms with Crippen LogP contribution < -0.4 is 46.9 Å². The second kappa shape index (κ2) is 26.7. The van der Waals surface area contributed by atoms with Crippen molar-refractivity contribution in [2.45, 2.75) is 4.90 Å². The average molecular weight is 763 g/mol. The predicted molar refractivity (Wildman–Crippen MR) is 184 cm³/mol. The van der Waals surface area contributed by atoms with Gasteiger partial charge < -0.3 is 61.2 Å². The second-order valence-electron chi connectivity index (χ2n) is 10.8. The second-order valence-corrected chi connectivity index (χ2v) is 12.2. The van der Waals surface area contributed by atoms with Crippen molar-refractivity contribution in [3.8, 4) is 0 Å². The quantitative estimate of drug-likeness (QED) is 0.0346. The predicted octanol–water partition coefficient (Wildman–Crippen LogP) is -5.18. The molecule has 16 heteroatoms. The van der Waals surface area contributed by atoms with Crippen molar-refractivity contribution in [2.24, 2.45) is 0 Å². The number of nitrogens with zero attached hydrogens (tertiary/aromatic N) is 2. The van der Waals surface area contributed by atoms with Gasteiger partial charge >= 0.3 is 29.6 Å². The minimum absolute atomic E-state index is 0. The molecule has 2 aromatic rings. The number of hydrogen-bond acceptors (Lipinski definition) is 12. The summed E-state index contributed by atoms with van der Waals surface area (Å²) in [5.41, 5.74) is 4.52. The van der Waals surface area contributed by atoms with E-state index in [4.69, 9.17) is 39.4 Å². The summed E-state index contributed by atoms with van der Waals surface area (Å²) in [4.78, 5) is 1.73. The minimum atomic E-state index is -4.72. The van der Waals surface area contributed by atoms with Gasteiger partial charge in [-0.1, -0.05) is 24.3 Å². The van der Waals surface area contributed by atoms with E-state index in [2.05, 4.69) is 9.48 Å². The van der Waals surface area contributed by atoms with Crippen molar-refractivity contribution < 1.29 is 98.9 Å². The topological polar surface area (TPSA) is 181 Å². The molecule has 13 nitrogen and oxygen atoms in total. The van der Waals surface area contributed by atoms with E-state index >= 15 is 0 Å². The first-order chi connectivity index (χ1) is 23.8. The average Bonchev–Trinajstić information content (AvgIpc) is 3.11. The van der Waals surface area contributed by atoms with Gasteiger partial charge in [-0.15, -0.1) is 0 Å². The van der Waals surface area contributed by atoms with Gasteiger partial charge in [-0.3, -0.25) is 0 Å². The number of benzene rings is 2. The van der Waals surface area contributed by atoms with Crippen molar-refractivity contribution in [3.05, 3.63) is 89.5 Å². The van der Waals surface area contributed by atoms with Crippen molar-refractivity contribution in [1.29, 1.82) is 0 Å². The van der Waals surface area contributed by atoms with Crippen LogP contribution in [0.15, 0.2) is 83.3 Å². The van der Waals surface area contributed by atoms with Gasteiger partial charge in [-0.25, -0.2) is 13.0 Å². The van der Waals surface area contributed by atoms with Crippen LogP contribution in [-0.4, -0.2) is 149 Å². The van der Waals surface area contributed by atoms with E-state index in [1.165, 1.54) is 12.1 Å². The molecule has 0 saturated carbocycles. The zero-order valence-corrected chi connectivity index (χ0v) is 32.6. The summed E-state index contributed by atoms with van der Waals surface area (Å²) in [5, 5.41) is 36.4. The van der Waals surface area contributed by atoms with E-state index in [0.29, 0.717) is 63.7 Å². The van der Waals surface area contributed by atoms with Gasteiger partial charge in [0.2, 0.25) is 0 Å². The molecule has 0 spiro atoms. The Labute approximate surface area is 328 Å². The maximum Gasteiger partial charge on any atom is 1.00 e. The monoisotopic (exact) mass is 762 g/mol. The summed E-state index contributed by atoms with van der Waals surface area (Å²) >= 11 is 0. The SMILES string of the molecule is O=S(=O)([O-])c1cccc(C(=C2C=CC(=[N+](CCOCCO)CCOCCO)C=C2)c2cccc(N(CCOCCO)CCOCCO)c2)c1.[Cl-].[Na+]. The van der Waals surface area contributed by atoms with Crippen molar-refractivity contribution in [1.82, 2.24) is 0 Å². The van der Waals surface area contributed by atoms with Gasteiger partial charge in [0.1, 0.15) is 23.3 Å². The Bertz CT molecular complexity index is 1490. The molecule has 0 aliphatic heterocycles. The van der Waals surface area contributed by atoms with Crippen LogP contribution in [0.1, 0.15) is 11.1 Å². The van der Waals surface area contributed by atoms with Gasteiger partial charge in [0.05, 0.1) is 71.0 Å². The van der Waals surface area contributed by atoms with Crippen LogP contribution in [0.25, 0.3) is 5.57 Å². The summed E-state index contributed by atoms with van der Waals surface area (Å²) < 4.78 is 60.1. The van der Waals surface area contributed by atoms with Gasteiger partial charge in [0.25, 0.3) is 0 Å². The van der Waals surface area contributed by atoms with Gasteiger partial charge in [0.15, 0.2) is 18.8 Å². The first kappa shape index (κ1) is 47.0. The molecule has 1 aliphatic carbocycles. The molecule has 0 amide bonds. The van der Waals surface area contributed by atoms with Crippen LogP contribution in [-0.2, 0) is 29.1 Å². The minimum Gasteiger partial charge on any atom is -1.00 e. The normalized spacial score (nSPS) is 12.4. The third kappa shape index (κ3) is 16.7. The zero-order valence-electron chi connectivity index (χ0n) is 29.1. The number of anilines is 1. The molecule has 0 unspecified atom stereocenters. The van der Waals surface area contributed by atoms with Crippen LogP contribution in [0.2, 0.25) is 0 Å². The summed E-state index contributed by atoms with van der Waals surface area (Å²) in [6.45, 7) is 4.11. The van der Waals surface area contributed by atoms with E-state index in [-0.39, 0.29) is 99.7 Å². The Morgan fingerprint density at radius 3 is 1.63 bits per heavy atom. The fraction of sp³-hybridized carbons (Fsp3) is 0.457. The number of halogens is 1. The molecule has 0 radical (unpaired) electrons. The Kier molecular flexibility index (Phi) is 24.6. The number of allylic oxidation sites excluding steroid dienone is 5. The van der Waals surface area contributed by atoms with E-state index < -0.39 is 10.1 Å². The maximum absolute atomic E-state index is 12.0. The summed E-state index contributed by atoms with van der Waals surface area (Å²) in [7, 11) is -4.72. The van der Waals surface area contributed by atoms with E-state index in [1.54, 1.807) is 12.1 Å². The molecule has 3 rings (SSSR count). The molecular formula is C35H48ClN2NaO11S.